The Hall–Kier alpha value is -2.77. The molecule has 0 N–H and O–H groups in total. The van der Waals surface area contributed by atoms with Crippen molar-refractivity contribution in [2.75, 3.05) is 0 Å². The average Bonchev–Trinajstić information content (AvgIpc) is 2.99. The molecule has 0 aliphatic carbocycles. The van der Waals surface area contributed by atoms with E-state index in [0.29, 0.717) is 11.3 Å². The molecule has 0 saturated carbocycles. The van der Waals surface area contributed by atoms with Crippen LogP contribution in [0.25, 0.3) is 11.4 Å². The summed E-state index contributed by atoms with van der Waals surface area (Å²) in [5.41, 5.74) is 0.990. The zero-order valence-corrected chi connectivity index (χ0v) is 12.4. The van der Waals surface area contributed by atoms with Gasteiger partial charge in [0.05, 0.1) is 17.7 Å². The number of allylic oxidation sites excluding steroid dienone is 1. The average molecular weight is 318 g/mol. The Balaban J connectivity index is 1.82. The first-order valence-corrected chi connectivity index (χ1v) is 6.87. The smallest absolute Gasteiger partial charge is 0.229 e. The molecule has 23 heavy (non-hydrogen) atoms. The zero-order chi connectivity index (χ0) is 16.6. The number of halogens is 2. The Labute approximate surface area is 129 Å². The summed E-state index contributed by atoms with van der Waals surface area (Å²) < 4.78 is 32.0. The van der Waals surface area contributed by atoms with Crippen LogP contribution >= 0.6 is 0 Å². The van der Waals surface area contributed by atoms with E-state index < -0.39 is 17.7 Å². The summed E-state index contributed by atoms with van der Waals surface area (Å²) in [6.07, 6.45) is 0.0525. The minimum absolute atomic E-state index is 0.0525. The molecule has 0 fully saturated rings. The zero-order valence-electron chi connectivity index (χ0n) is 12.4. The van der Waals surface area contributed by atoms with Gasteiger partial charge in [-0.25, -0.2) is 8.78 Å². The molecular formula is C15H12F2N4O2. The second kappa shape index (κ2) is 5.79. The van der Waals surface area contributed by atoms with Crippen molar-refractivity contribution in [2.45, 2.75) is 26.3 Å². The van der Waals surface area contributed by atoms with Crippen LogP contribution in [0.15, 0.2) is 44.2 Å². The molecule has 2 aromatic rings. The molecule has 6 nitrogen and oxygen atoms in total. The van der Waals surface area contributed by atoms with Crippen LogP contribution in [0.5, 0.6) is 0 Å². The molecular weight excluding hydrogens is 306 g/mol. The number of hydrogen-bond acceptors (Lipinski definition) is 6. The monoisotopic (exact) mass is 318 g/mol. The fraction of sp³-hybridized carbons (Fsp3) is 0.267. The van der Waals surface area contributed by atoms with E-state index in [4.69, 9.17) is 4.52 Å². The first kappa shape index (κ1) is 15.1. The van der Waals surface area contributed by atoms with Crippen molar-refractivity contribution in [3.8, 4) is 11.4 Å². The quantitative estimate of drug-likeness (QED) is 0.870. The highest BCUT2D eigenvalue weighted by Gasteiger charge is 2.27. The first-order valence-electron chi connectivity index (χ1n) is 6.87. The highest BCUT2D eigenvalue weighted by atomic mass is 19.2. The molecule has 1 atom stereocenters. The van der Waals surface area contributed by atoms with Crippen LogP contribution in [0.2, 0.25) is 0 Å². The molecule has 1 aliphatic rings. The van der Waals surface area contributed by atoms with E-state index in [1.54, 1.807) is 13.8 Å². The predicted molar refractivity (Wildman–Crippen MR) is 75.4 cm³/mol. The van der Waals surface area contributed by atoms with Crippen LogP contribution in [-0.4, -0.2) is 22.0 Å². The molecule has 1 aliphatic heterocycles. The summed E-state index contributed by atoms with van der Waals surface area (Å²) >= 11 is 0. The largest absolute Gasteiger partial charge is 0.339 e. The SMILES string of the molecule is CC1=C(C)C(=O)C(Cc2nc(-c3cccc(F)c3F)no2)N=N1. The van der Waals surface area contributed by atoms with Crippen LogP contribution in [0.1, 0.15) is 19.7 Å². The highest BCUT2D eigenvalue weighted by molar-refractivity contribution is 6.00. The molecule has 0 saturated heterocycles. The molecule has 2 heterocycles. The molecule has 8 heteroatoms. The summed E-state index contributed by atoms with van der Waals surface area (Å²) in [7, 11) is 0. The van der Waals surface area contributed by atoms with E-state index in [1.807, 2.05) is 0 Å². The molecule has 0 spiro atoms. The number of nitrogens with zero attached hydrogens (tertiary/aromatic N) is 4. The van der Waals surface area contributed by atoms with Gasteiger partial charge in [0.25, 0.3) is 0 Å². The van der Waals surface area contributed by atoms with Gasteiger partial charge >= 0.3 is 0 Å². The number of aromatic nitrogens is 2. The normalized spacial score (nSPS) is 17.9. The van der Waals surface area contributed by atoms with E-state index in [1.165, 1.54) is 12.1 Å². The van der Waals surface area contributed by atoms with Crippen molar-refractivity contribution in [1.29, 1.82) is 0 Å². The number of ketones is 1. The van der Waals surface area contributed by atoms with Crippen LogP contribution in [0, 0.1) is 11.6 Å². The maximum Gasteiger partial charge on any atom is 0.229 e. The maximum absolute atomic E-state index is 13.7. The standard InChI is InChI=1S/C15H12F2N4O2/c1-7-8(2)19-20-11(14(7)22)6-12-18-15(21-23-12)9-4-3-5-10(16)13(9)17/h3-5,11H,6H2,1-2H3. The third-order valence-electron chi connectivity index (χ3n) is 3.59. The van der Waals surface area contributed by atoms with Crippen LogP contribution in [0.3, 0.4) is 0 Å². The van der Waals surface area contributed by atoms with E-state index in [0.717, 1.165) is 6.07 Å². The van der Waals surface area contributed by atoms with Crippen molar-refractivity contribution >= 4 is 5.78 Å². The molecule has 0 amide bonds. The number of Topliss-reactive ketones (excluding diaryl/α,β-unsaturated/α-hetero) is 1. The fourth-order valence-electron chi connectivity index (χ4n) is 2.13. The Morgan fingerprint density at radius 3 is 2.83 bits per heavy atom. The Morgan fingerprint density at radius 2 is 2.04 bits per heavy atom. The van der Waals surface area contributed by atoms with Gasteiger partial charge in [0, 0.05) is 5.57 Å². The van der Waals surface area contributed by atoms with Gasteiger partial charge in [-0.1, -0.05) is 11.2 Å². The van der Waals surface area contributed by atoms with Gasteiger partial charge in [-0.15, -0.1) is 0 Å². The second-order valence-corrected chi connectivity index (χ2v) is 5.12. The van der Waals surface area contributed by atoms with Crippen molar-refractivity contribution in [1.82, 2.24) is 10.1 Å². The Morgan fingerprint density at radius 1 is 1.26 bits per heavy atom. The number of benzene rings is 1. The van der Waals surface area contributed by atoms with E-state index >= 15 is 0 Å². The second-order valence-electron chi connectivity index (χ2n) is 5.12. The topological polar surface area (TPSA) is 80.7 Å². The number of carbonyl (C=O) groups is 1. The summed E-state index contributed by atoms with van der Waals surface area (Å²) in [6.45, 7) is 3.37. The number of hydrogen-bond donors (Lipinski definition) is 0. The van der Waals surface area contributed by atoms with Crippen molar-refractivity contribution < 1.29 is 18.1 Å². The van der Waals surface area contributed by atoms with Crippen LogP contribution in [0.4, 0.5) is 8.78 Å². The lowest BCUT2D eigenvalue weighted by atomic mass is 10.0. The molecule has 118 valence electrons. The van der Waals surface area contributed by atoms with E-state index in [9.17, 15) is 13.6 Å². The van der Waals surface area contributed by atoms with Gasteiger partial charge in [-0.3, -0.25) is 4.79 Å². The summed E-state index contributed by atoms with van der Waals surface area (Å²) in [6, 6.07) is 2.94. The molecule has 1 unspecified atom stereocenters. The number of carbonyl (C=O) groups excluding carboxylic acids is 1. The molecule has 1 aromatic heterocycles. The van der Waals surface area contributed by atoms with Crippen molar-refractivity contribution in [3.05, 3.63) is 47.0 Å². The molecule has 3 rings (SSSR count). The van der Waals surface area contributed by atoms with Gasteiger partial charge < -0.3 is 4.52 Å². The molecule has 0 bridgehead atoms. The Kier molecular flexibility index (Phi) is 3.81. The van der Waals surface area contributed by atoms with Crippen molar-refractivity contribution in [3.63, 3.8) is 0 Å². The van der Waals surface area contributed by atoms with Crippen LogP contribution in [-0.2, 0) is 11.2 Å². The van der Waals surface area contributed by atoms with E-state index in [-0.39, 0.29) is 29.5 Å². The highest BCUT2D eigenvalue weighted by Crippen LogP contribution is 2.23. The van der Waals surface area contributed by atoms with Gasteiger partial charge in [-0.2, -0.15) is 15.2 Å². The van der Waals surface area contributed by atoms with Gasteiger partial charge in [0.1, 0.15) is 6.04 Å². The minimum Gasteiger partial charge on any atom is -0.339 e. The molecule has 1 aromatic carbocycles. The Bertz CT molecular complexity index is 842. The third kappa shape index (κ3) is 2.79. The minimum atomic E-state index is -1.05. The predicted octanol–water partition coefficient (Wildman–Crippen LogP) is 3.25. The lowest BCUT2D eigenvalue weighted by molar-refractivity contribution is -0.117. The number of rotatable bonds is 3. The fourth-order valence-corrected chi connectivity index (χ4v) is 2.13. The third-order valence-corrected chi connectivity index (χ3v) is 3.59. The number of azo groups is 1. The summed E-state index contributed by atoms with van der Waals surface area (Å²) in [5.74, 6) is -2.20. The lowest BCUT2D eigenvalue weighted by Crippen LogP contribution is -2.25. The van der Waals surface area contributed by atoms with Crippen LogP contribution < -0.4 is 0 Å². The van der Waals surface area contributed by atoms with Gasteiger partial charge in [0.2, 0.25) is 11.7 Å². The van der Waals surface area contributed by atoms with Gasteiger partial charge in [-0.05, 0) is 26.0 Å². The van der Waals surface area contributed by atoms with E-state index in [2.05, 4.69) is 20.4 Å². The van der Waals surface area contributed by atoms with Crippen molar-refractivity contribution in [2.24, 2.45) is 10.2 Å². The lowest BCUT2D eigenvalue weighted by Gasteiger charge is -2.13. The summed E-state index contributed by atoms with van der Waals surface area (Å²) in [4.78, 5) is 16.1. The first-order chi connectivity index (χ1) is 11.0. The molecule has 0 radical (unpaired) electrons. The van der Waals surface area contributed by atoms with Gasteiger partial charge in [0.15, 0.2) is 17.4 Å². The summed E-state index contributed by atoms with van der Waals surface area (Å²) in [5, 5.41) is 11.4. The maximum atomic E-state index is 13.7.